The molecule has 1 heterocycles. The number of fused-ring (bicyclic) bond motifs is 1. The summed E-state index contributed by atoms with van der Waals surface area (Å²) in [6, 6.07) is 17.9. The third kappa shape index (κ3) is 5.72. The summed E-state index contributed by atoms with van der Waals surface area (Å²) in [7, 11) is 0.259. The van der Waals surface area contributed by atoms with E-state index in [1.165, 1.54) is 38.0 Å². The Bertz CT molecular complexity index is 1540. The number of imidazole rings is 1. The van der Waals surface area contributed by atoms with Gasteiger partial charge in [-0.15, -0.1) is 0 Å². The van der Waals surface area contributed by atoms with Crippen molar-refractivity contribution in [2.24, 2.45) is 0 Å². The van der Waals surface area contributed by atoms with Gasteiger partial charge < -0.3 is 24.1 Å². The number of nitrogens with zero attached hydrogens (tertiary/aromatic N) is 2. The Hall–Kier alpha value is -4.38. The lowest BCUT2D eigenvalue weighted by molar-refractivity contribution is -0.116. The zero-order valence-corrected chi connectivity index (χ0v) is 21.2. The van der Waals surface area contributed by atoms with E-state index in [2.05, 4.69) is 15.0 Å². The predicted molar refractivity (Wildman–Crippen MR) is 137 cm³/mol. The highest BCUT2D eigenvalue weighted by molar-refractivity contribution is 7.90. The summed E-state index contributed by atoms with van der Waals surface area (Å²) < 4.78 is 43.6. The Morgan fingerprint density at radius 2 is 1.57 bits per heavy atom. The highest BCUT2D eigenvalue weighted by Crippen LogP contribution is 2.27. The lowest BCUT2D eigenvalue weighted by atomic mass is 10.2. The van der Waals surface area contributed by atoms with Crippen molar-refractivity contribution < 1.29 is 32.2 Å². The van der Waals surface area contributed by atoms with Gasteiger partial charge in [0.1, 0.15) is 18.0 Å². The third-order valence-electron chi connectivity index (χ3n) is 5.56. The van der Waals surface area contributed by atoms with Crippen LogP contribution in [0.5, 0.6) is 11.5 Å². The normalized spacial score (nSPS) is 11.2. The zero-order valence-electron chi connectivity index (χ0n) is 20.4. The topological polar surface area (TPSA) is 126 Å². The fraction of sp³-hybridized carbons (Fsp3) is 0.192. The minimum atomic E-state index is -3.98. The number of para-hydroxylation sites is 2. The second-order valence-electron chi connectivity index (χ2n) is 8.07. The molecule has 0 aliphatic carbocycles. The Morgan fingerprint density at radius 1 is 0.919 bits per heavy atom. The molecule has 1 aromatic heterocycles. The number of hydrogen-bond donors (Lipinski definition) is 1. The van der Waals surface area contributed by atoms with Crippen LogP contribution in [0.2, 0.25) is 0 Å². The fourth-order valence-corrected chi connectivity index (χ4v) is 5.30. The smallest absolute Gasteiger partial charge is 0.337 e. The van der Waals surface area contributed by atoms with Crippen LogP contribution >= 0.6 is 0 Å². The van der Waals surface area contributed by atoms with Gasteiger partial charge in [0.25, 0.3) is 0 Å². The molecule has 192 valence electrons. The van der Waals surface area contributed by atoms with Crippen LogP contribution in [0.3, 0.4) is 0 Å². The standard InChI is InChI=1S/C26H25N3O7S/c1-34-20-12-17(13-21(14-20)35-2)16-37(32,33)26-28-22-6-4-5-7-23(22)29(26)15-24(30)27-19-10-8-18(9-11-19)25(31)36-3/h4-14H,15-16H2,1-3H3,(H,27,30). The number of amides is 1. The van der Waals surface area contributed by atoms with Crippen LogP contribution in [0.25, 0.3) is 11.0 Å². The molecule has 0 fully saturated rings. The molecule has 0 radical (unpaired) electrons. The number of nitrogens with one attached hydrogen (secondary N) is 1. The number of carbonyl (C=O) groups excluding carboxylic acids is 2. The maximum Gasteiger partial charge on any atom is 0.337 e. The van der Waals surface area contributed by atoms with Gasteiger partial charge in [-0.25, -0.2) is 18.2 Å². The summed E-state index contributed by atoms with van der Waals surface area (Å²) in [6.45, 7) is -0.296. The maximum atomic E-state index is 13.5. The Balaban J connectivity index is 1.64. The number of ether oxygens (including phenoxy) is 3. The molecule has 0 bridgehead atoms. The lowest BCUT2D eigenvalue weighted by Gasteiger charge is -2.12. The molecule has 11 heteroatoms. The summed E-state index contributed by atoms with van der Waals surface area (Å²) in [5.41, 5.74) is 2.17. The number of rotatable bonds is 9. The van der Waals surface area contributed by atoms with Gasteiger partial charge in [-0.2, -0.15) is 0 Å². The number of carbonyl (C=O) groups is 2. The molecule has 0 atom stereocenters. The van der Waals surface area contributed by atoms with Gasteiger partial charge in [0.15, 0.2) is 0 Å². The zero-order chi connectivity index (χ0) is 26.6. The Labute approximate surface area is 213 Å². The summed E-state index contributed by atoms with van der Waals surface area (Å²) in [5, 5.41) is 2.49. The molecular weight excluding hydrogens is 498 g/mol. The van der Waals surface area contributed by atoms with Gasteiger partial charge in [-0.1, -0.05) is 12.1 Å². The number of methoxy groups -OCH3 is 3. The lowest BCUT2D eigenvalue weighted by Crippen LogP contribution is -2.22. The van der Waals surface area contributed by atoms with Gasteiger partial charge in [0, 0.05) is 11.8 Å². The molecule has 1 N–H and O–H groups in total. The summed E-state index contributed by atoms with van der Waals surface area (Å²) in [4.78, 5) is 28.9. The fourth-order valence-electron chi connectivity index (χ4n) is 3.83. The van der Waals surface area contributed by atoms with Crippen molar-refractivity contribution in [1.29, 1.82) is 0 Å². The first-order valence-corrected chi connectivity index (χ1v) is 12.8. The highest BCUT2D eigenvalue weighted by atomic mass is 32.2. The number of benzene rings is 3. The third-order valence-corrected chi connectivity index (χ3v) is 7.14. The molecule has 0 aliphatic rings. The van der Waals surface area contributed by atoms with Crippen LogP contribution in [-0.2, 0) is 31.7 Å². The molecule has 3 aromatic carbocycles. The van der Waals surface area contributed by atoms with Crippen LogP contribution < -0.4 is 14.8 Å². The summed E-state index contributed by atoms with van der Waals surface area (Å²) in [5.74, 6) is -0.424. The molecule has 4 rings (SSSR count). The molecule has 0 unspecified atom stereocenters. The van der Waals surface area contributed by atoms with Gasteiger partial charge in [-0.05, 0) is 54.1 Å². The second kappa shape index (κ2) is 10.7. The quantitative estimate of drug-likeness (QED) is 0.331. The first-order valence-electron chi connectivity index (χ1n) is 11.1. The molecule has 0 saturated carbocycles. The monoisotopic (exact) mass is 523 g/mol. The molecule has 37 heavy (non-hydrogen) atoms. The van der Waals surface area contributed by atoms with Crippen LogP contribution in [0.1, 0.15) is 15.9 Å². The minimum Gasteiger partial charge on any atom is -0.497 e. The largest absolute Gasteiger partial charge is 0.497 e. The van der Waals surface area contributed by atoms with Crippen molar-refractivity contribution in [3.63, 3.8) is 0 Å². The molecule has 0 aliphatic heterocycles. The molecule has 1 amide bonds. The first-order chi connectivity index (χ1) is 17.7. The van der Waals surface area contributed by atoms with Gasteiger partial charge in [-0.3, -0.25) is 4.79 Å². The number of esters is 1. The van der Waals surface area contributed by atoms with Crippen LogP contribution in [-0.4, -0.2) is 51.2 Å². The highest BCUT2D eigenvalue weighted by Gasteiger charge is 2.26. The van der Waals surface area contributed by atoms with Crippen molar-refractivity contribution in [3.8, 4) is 11.5 Å². The van der Waals surface area contributed by atoms with Gasteiger partial charge >= 0.3 is 5.97 Å². The molecule has 0 saturated heterocycles. The van der Waals surface area contributed by atoms with E-state index < -0.39 is 21.7 Å². The van der Waals surface area contributed by atoms with E-state index in [1.54, 1.807) is 54.6 Å². The summed E-state index contributed by atoms with van der Waals surface area (Å²) in [6.07, 6.45) is 0. The van der Waals surface area contributed by atoms with Crippen molar-refractivity contribution in [1.82, 2.24) is 9.55 Å². The number of aromatic nitrogens is 2. The first kappa shape index (κ1) is 25.7. The number of hydrogen-bond acceptors (Lipinski definition) is 8. The van der Waals surface area contributed by atoms with Crippen molar-refractivity contribution in [2.75, 3.05) is 26.6 Å². The molecule has 0 spiro atoms. The molecule has 4 aromatic rings. The van der Waals surface area contributed by atoms with Crippen molar-refractivity contribution in [2.45, 2.75) is 17.5 Å². The predicted octanol–water partition coefficient (Wildman–Crippen LogP) is 3.45. The molecule has 10 nitrogen and oxygen atoms in total. The summed E-state index contributed by atoms with van der Waals surface area (Å²) >= 11 is 0. The van der Waals surface area contributed by atoms with E-state index in [-0.39, 0.29) is 17.5 Å². The second-order valence-corrected chi connectivity index (χ2v) is 9.95. The van der Waals surface area contributed by atoms with E-state index in [9.17, 15) is 18.0 Å². The van der Waals surface area contributed by atoms with Crippen LogP contribution in [0.4, 0.5) is 5.69 Å². The average molecular weight is 524 g/mol. The van der Waals surface area contributed by atoms with E-state index in [1.807, 2.05) is 0 Å². The van der Waals surface area contributed by atoms with Crippen LogP contribution in [0.15, 0.2) is 71.9 Å². The van der Waals surface area contributed by atoms with E-state index in [4.69, 9.17) is 9.47 Å². The van der Waals surface area contributed by atoms with Crippen molar-refractivity contribution in [3.05, 3.63) is 77.9 Å². The van der Waals surface area contributed by atoms with E-state index >= 15 is 0 Å². The Kier molecular flexibility index (Phi) is 7.44. The van der Waals surface area contributed by atoms with E-state index in [0.717, 1.165) is 0 Å². The minimum absolute atomic E-state index is 0.230. The van der Waals surface area contributed by atoms with E-state index in [0.29, 0.717) is 39.3 Å². The SMILES string of the molecule is COC(=O)c1ccc(NC(=O)Cn2c(S(=O)(=O)Cc3cc(OC)cc(OC)c3)nc3ccccc32)cc1. The van der Waals surface area contributed by atoms with Gasteiger partial charge in [0.05, 0.1) is 43.7 Å². The molecular formula is C26H25N3O7S. The number of sulfone groups is 1. The Morgan fingerprint density at radius 3 is 2.19 bits per heavy atom. The van der Waals surface area contributed by atoms with Gasteiger partial charge in [0.2, 0.25) is 20.9 Å². The maximum absolute atomic E-state index is 13.5. The van der Waals surface area contributed by atoms with Crippen LogP contribution in [0, 0.1) is 0 Å². The number of anilines is 1. The van der Waals surface area contributed by atoms with Crippen molar-refractivity contribution >= 4 is 38.4 Å². The average Bonchev–Trinajstić information content (AvgIpc) is 3.27.